The second kappa shape index (κ2) is 3.50. The minimum atomic E-state index is -0.972. The predicted octanol–water partition coefficient (Wildman–Crippen LogP) is 1.08. The molecule has 5 heteroatoms. The average Bonchev–Trinajstić information content (AvgIpc) is 2.28. The van der Waals surface area contributed by atoms with Crippen LogP contribution in [0.3, 0.4) is 0 Å². The molecule has 1 aliphatic heterocycles. The second-order valence-corrected chi connectivity index (χ2v) is 4.32. The SMILES string of the molecule is CC1(C)NC(C(=O)C(Cl)Cl)CO1. The molecule has 3 nitrogen and oxygen atoms in total. The predicted molar refractivity (Wildman–Crippen MR) is 47.5 cm³/mol. The number of rotatable bonds is 2. The lowest BCUT2D eigenvalue weighted by molar-refractivity contribution is -0.119. The van der Waals surface area contributed by atoms with Gasteiger partial charge in [0, 0.05) is 0 Å². The van der Waals surface area contributed by atoms with Crippen LogP contribution in [0.5, 0.6) is 0 Å². The highest BCUT2D eigenvalue weighted by molar-refractivity contribution is 6.54. The van der Waals surface area contributed by atoms with Crippen LogP contribution in [0.2, 0.25) is 0 Å². The molecule has 0 amide bonds. The summed E-state index contributed by atoms with van der Waals surface area (Å²) in [5, 5.41) is 2.97. The summed E-state index contributed by atoms with van der Waals surface area (Å²) in [7, 11) is 0. The Morgan fingerprint density at radius 3 is 2.58 bits per heavy atom. The third kappa shape index (κ3) is 2.33. The van der Waals surface area contributed by atoms with Gasteiger partial charge in [0.15, 0.2) is 10.6 Å². The molecule has 1 rings (SSSR count). The van der Waals surface area contributed by atoms with Gasteiger partial charge in [0.1, 0.15) is 5.72 Å². The van der Waals surface area contributed by atoms with Crippen LogP contribution in [0, 0.1) is 0 Å². The van der Waals surface area contributed by atoms with Crippen LogP contribution >= 0.6 is 23.2 Å². The number of hydrogen-bond donors (Lipinski definition) is 1. The van der Waals surface area contributed by atoms with Crippen molar-refractivity contribution in [3.8, 4) is 0 Å². The summed E-state index contributed by atoms with van der Waals surface area (Å²) in [5.74, 6) is -0.232. The number of ether oxygens (including phenoxy) is 1. The molecule has 0 aromatic rings. The third-order valence-corrected chi connectivity index (χ3v) is 2.12. The normalized spacial score (nSPS) is 27.9. The first-order chi connectivity index (χ1) is 5.42. The summed E-state index contributed by atoms with van der Waals surface area (Å²) in [6, 6.07) is -0.375. The molecule has 0 bridgehead atoms. The van der Waals surface area contributed by atoms with E-state index in [1.807, 2.05) is 13.8 Å². The van der Waals surface area contributed by atoms with E-state index in [2.05, 4.69) is 5.32 Å². The first kappa shape index (κ1) is 10.3. The number of halogens is 2. The standard InChI is InChI=1S/C7H11Cl2NO2/c1-7(2)10-4(3-12-7)5(11)6(8)9/h4,6,10H,3H2,1-2H3. The molecule has 0 aromatic carbocycles. The minimum absolute atomic E-state index is 0.232. The summed E-state index contributed by atoms with van der Waals surface area (Å²) >= 11 is 10.8. The number of ketones is 1. The highest BCUT2D eigenvalue weighted by Gasteiger charge is 2.36. The molecule has 1 unspecified atom stereocenters. The van der Waals surface area contributed by atoms with Crippen molar-refractivity contribution in [3.63, 3.8) is 0 Å². The maximum atomic E-state index is 11.2. The van der Waals surface area contributed by atoms with E-state index < -0.39 is 10.6 Å². The van der Waals surface area contributed by atoms with E-state index in [4.69, 9.17) is 27.9 Å². The fraction of sp³-hybridized carbons (Fsp3) is 0.857. The van der Waals surface area contributed by atoms with Crippen LogP contribution in [-0.4, -0.2) is 29.0 Å². The van der Waals surface area contributed by atoms with Crippen LogP contribution in [0.1, 0.15) is 13.8 Å². The molecule has 0 spiro atoms. The zero-order valence-corrected chi connectivity index (χ0v) is 8.45. The van der Waals surface area contributed by atoms with Crippen LogP contribution in [0.25, 0.3) is 0 Å². The maximum absolute atomic E-state index is 11.2. The van der Waals surface area contributed by atoms with Crippen molar-refractivity contribution in [1.29, 1.82) is 0 Å². The first-order valence-electron chi connectivity index (χ1n) is 3.66. The van der Waals surface area contributed by atoms with Gasteiger partial charge in [-0.25, -0.2) is 0 Å². The van der Waals surface area contributed by atoms with Crippen molar-refractivity contribution in [2.24, 2.45) is 0 Å². The number of carbonyl (C=O) groups excluding carboxylic acids is 1. The number of alkyl halides is 2. The molecule has 1 N–H and O–H groups in total. The van der Waals surface area contributed by atoms with Crippen molar-refractivity contribution in [3.05, 3.63) is 0 Å². The summed E-state index contributed by atoms with van der Waals surface area (Å²) in [5.41, 5.74) is -0.455. The Labute approximate surface area is 81.4 Å². The zero-order valence-electron chi connectivity index (χ0n) is 6.93. The van der Waals surface area contributed by atoms with E-state index in [1.54, 1.807) is 0 Å². The summed E-state index contributed by atoms with van der Waals surface area (Å²) in [6.45, 7) is 4.03. The second-order valence-electron chi connectivity index (χ2n) is 3.22. The monoisotopic (exact) mass is 211 g/mol. The van der Waals surface area contributed by atoms with E-state index in [9.17, 15) is 4.79 Å². The molecule has 0 radical (unpaired) electrons. The van der Waals surface area contributed by atoms with Gasteiger partial charge < -0.3 is 4.74 Å². The minimum Gasteiger partial charge on any atom is -0.359 e. The highest BCUT2D eigenvalue weighted by Crippen LogP contribution is 2.17. The van der Waals surface area contributed by atoms with Gasteiger partial charge in [-0.3, -0.25) is 10.1 Å². The summed E-state index contributed by atoms with van der Waals surface area (Å²) in [4.78, 5) is 10.3. The molecular weight excluding hydrogens is 201 g/mol. The van der Waals surface area contributed by atoms with Crippen molar-refractivity contribution in [2.45, 2.75) is 30.5 Å². The quantitative estimate of drug-likeness (QED) is 0.696. The van der Waals surface area contributed by atoms with Crippen molar-refractivity contribution >= 4 is 29.0 Å². The maximum Gasteiger partial charge on any atom is 0.184 e. The molecule has 0 aliphatic carbocycles. The van der Waals surface area contributed by atoms with E-state index in [1.165, 1.54) is 0 Å². The van der Waals surface area contributed by atoms with E-state index in [-0.39, 0.29) is 11.8 Å². The summed E-state index contributed by atoms with van der Waals surface area (Å²) in [6.07, 6.45) is 0. The average molecular weight is 212 g/mol. The van der Waals surface area contributed by atoms with E-state index >= 15 is 0 Å². The van der Waals surface area contributed by atoms with Gasteiger partial charge in [-0.15, -0.1) is 0 Å². The molecule has 70 valence electrons. The van der Waals surface area contributed by atoms with Gasteiger partial charge in [0.2, 0.25) is 0 Å². The Hall–Kier alpha value is 0.170. The van der Waals surface area contributed by atoms with Gasteiger partial charge >= 0.3 is 0 Å². The van der Waals surface area contributed by atoms with Crippen molar-refractivity contribution in [2.75, 3.05) is 6.61 Å². The Kier molecular flexibility index (Phi) is 2.99. The number of Topliss-reactive ketones (excluding diaryl/α,β-unsaturated/α-hetero) is 1. The van der Waals surface area contributed by atoms with E-state index in [0.29, 0.717) is 6.61 Å². The van der Waals surface area contributed by atoms with E-state index in [0.717, 1.165) is 0 Å². The Morgan fingerprint density at radius 2 is 2.25 bits per heavy atom. The molecule has 1 aliphatic rings. The first-order valence-corrected chi connectivity index (χ1v) is 4.53. The molecule has 0 aromatic heterocycles. The molecular formula is C7H11Cl2NO2. The van der Waals surface area contributed by atoms with Crippen molar-refractivity contribution < 1.29 is 9.53 Å². The lowest BCUT2D eigenvalue weighted by Gasteiger charge is -2.17. The highest BCUT2D eigenvalue weighted by atomic mass is 35.5. The Morgan fingerprint density at radius 1 is 1.67 bits per heavy atom. The Balaban J connectivity index is 2.53. The number of carbonyl (C=O) groups is 1. The largest absolute Gasteiger partial charge is 0.359 e. The molecule has 1 fully saturated rings. The number of hydrogen-bond acceptors (Lipinski definition) is 3. The zero-order chi connectivity index (χ0) is 9.35. The van der Waals surface area contributed by atoms with Crippen LogP contribution in [-0.2, 0) is 9.53 Å². The Bertz CT molecular complexity index is 194. The molecule has 1 saturated heterocycles. The smallest absolute Gasteiger partial charge is 0.184 e. The van der Waals surface area contributed by atoms with Gasteiger partial charge in [-0.2, -0.15) is 0 Å². The van der Waals surface area contributed by atoms with Crippen LogP contribution < -0.4 is 5.32 Å². The lowest BCUT2D eigenvalue weighted by atomic mass is 10.2. The summed E-state index contributed by atoms with van der Waals surface area (Å²) < 4.78 is 5.27. The molecule has 1 heterocycles. The van der Waals surface area contributed by atoms with Crippen LogP contribution in [0.15, 0.2) is 0 Å². The van der Waals surface area contributed by atoms with Gasteiger partial charge in [0.25, 0.3) is 0 Å². The molecule has 0 saturated carbocycles. The van der Waals surface area contributed by atoms with Gasteiger partial charge in [-0.05, 0) is 13.8 Å². The lowest BCUT2D eigenvalue weighted by Crippen LogP contribution is -2.43. The van der Waals surface area contributed by atoms with Crippen LogP contribution in [0.4, 0.5) is 0 Å². The number of nitrogens with one attached hydrogen (secondary N) is 1. The molecule has 1 atom stereocenters. The van der Waals surface area contributed by atoms with Crippen molar-refractivity contribution in [1.82, 2.24) is 5.32 Å². The fourth-order valence-corrected chi connectivity index (χ4v) is 1.40. The van der Waals surface area contributed by atoms with Gasteiger partial charge in [-0.1, -0.05) is 23.2 Å². The molecule has 12 heavy (non-hydrogen) atoms. The van der Waals surface area contributed by atoms with Gasteiger partial charge in [0.05, 0.1) is 12.6 Å². The topological polar surface area (TPSA) is 38.3 Å². The third-order valence-electron chi connectivity index (χ3n) is 1.69. The fourth-order valence-electron chi connectivity index (χ4n) is 1.10.